The average Bonchev–Trinajstić information content (AvgIpc) is 3.03. The summed E-state index contributed by atoms with van der Waals surface area (Å²) in [5.74, 6) is 1.08. The number of nitrogens with one attached hydrogen (secondary N) is 1. The maximum atomic E-state index is 5.96. The lowest BCUT2D eigenvalue weighted by Crippen LogP contribution is -2.49. The van der Waals surface area contributed by atoms with E-state index in [2.05, 4.69) is 26.7 Å². The number of aromatic nitrogens is 2. The smallest absolute Gasteiger partial charge is 0.125 e. The second-order valence-electron chi connectivity index (χ2n) is 5.77. The van der Waals surface area contributed by atoms with E-state index in [1.165, 1.54) is 19.4 Å². The topological polar surface area (TPSA) is 42.3 Å². The van der Waals surface area contributed by atoms with Crippen molar-refractivity contribution in [2.45, 2.75) is 38.0 Å². The van der Waals surface area contributed by atoms with Gasteiger partial charge in [0, 0.05) is 38.6 Å². The van der Waals surface area contributed by atoms with Crippen molar-refractivity contribution in [1.29, 1.82) is 0 Å². The van der Waals surface area contributed by atoms with E-state index in [4.69, 9.17) is 4.74 Å². The van der Waals surface area contributed by atoms with Crippen molar-refractivity contribution in [3.8, 4) is 0 Å². The summed E-state index contributed by atoms with van der Waals surface area (Å²) in [4.78, 5) is 6.97. The third kappa shape index (κ3) is 2.83. The first-order valence-corrected chi connectivity index (χ1v) is 7.30. The van der Waals surface area contributed by atoms with Gasteiger partial charge < -0.3 is 14.6 Å². The monoisotopic (exact) mass is 264 g/mol. The van der Waals surface area contributed by atoms with Crippen LogP contribution >= 0.6 is 0 Å². The molecule has 3 rings (SSSR count). The fraction of sp³-hybridized carbons (Fsp3) is 0.786. The quantitative estimate of drug-likeness (QED) is 0.878. The van der Waals surface area contributed by atoms with Gasteiger partial charge in [-0.1, -0.05) is 0 Å². The van der Waals surface area contributed by atoms with E-state index < -0.39 is 0 Å². The lowest BCUT2D eigenvalue weighted by atomic mass is 10.2. The molecule has 5 nitrogen and oxygen atoms in total. The van der Waals surface area contributed by atoms with Crippen LogP contribution in [0.3, 0.4) is 0 Å². The Kier molecular flexibility index (Phi) is 3.86. The summed E-state index contributed by atoms with van der Waals surface area (Å²) < 4.78 is 8.02. The number of nitrogens with zero attached hydrogens (tertiary/aromatic N) is 3. The van der Waals surface area contributed by atoms with Gasteiger partial charge in [-0.05, 0) is 26.3 Å². The fourth-order valence-corrected chi connectivity index (χ4v) is 3.20. The first-order valence-electron chi connectivity index (χ1n) is 7.30. The van der Waals surface area contributed by atoms with Crippen LogP contribution < -0.4 is 5.32 Å². The van der Waals surface area contributed by atoms with E-state index in [1.54, 1.807) is 0 Å². The summed E-state index contributed by atoms with van der Waals surface area (Å²) in [7, 11) is 2.03. The molecule has 1 N–H and O–H groups in total. The molecule has 1 aromatic heterocycles. The summed E-state index contributed by atoms with van der Waals surface area (Å²) in [5, 5.41) is 3.54. The van der Waals surface area contributed by atoms with Gasteiger partial charge in [-0.15, -0.1) is 0 Å². The van der Waals surface area contributed by atoms with Crippen molar-refractivity contribution in [3.63, 3.8) is 0 Å². The van der Waals surface area contributed by atoms with Gasteiger partial charge in [0.15, 0.2) is 0 Å². The van der Waals surface area contributed by atoms with Gasteiger partial charge in [0.2, 0.25) is 0 Å². The van der Waals surface area contributed by atoms with Crippen LogP contribution in [0.15, 0.2) is 12.4 Å². The molecule has 3 atom stereocenters. The minimum atomic E-state index is 0.264. The minimum Gasteiger partial charge on any atom is -0.374 e. The number of hydrogen-bond donors (Lipinski definition) is 1. The number of aryl methyl sites for hydroxylation is 1. The second kappa shape index (κ2) is 5.61. The van der Waals surface area contributed by atoms with Crippen LogP contribution in [-0.4, -0.2) is 52.8 Å². The van der Waals surface area contributed by atoms with Gasteiger partial charge in [-0.3, -0.25) is 4.90 Å². The normalized spacial score (nSPS) is 29.4. The Balaban J connectivity index is 1.48. The predicted molar refractivity (Wildman–Crippen MR) is 74.0 cm³/mol. The Morgan fingerprint density at radius 3 is 3.26 bits per heavy atom. The number of fused-ring (bicyclic) bond motifs is 1. The molecule has 2 aliphatic heterocycles. The lowest BCUT2D eigenvalue weighted by molar-refractivity contribution is -0.0478. The number of imidazole rings is 1. The molecule has 0 amide bonds. The number of rotatable bonds is 4. The van der Waals surface area contributed by atoms with Crippen molar-refractivity contribution >= 4 is 0 Å². The van der Waals surface area contributed by atoms with E-state index in [0.29, 0.717) is 12.1 Å². The number of hydrogen-bond acceptors (Lipinski definition) is 4. The van der Waals surface area contributed by atoms with Gasteiger partial charge in [0.25, 0.3) is 0 Å². The van der Waals surface area contributed by atoms with E-state index in [0.717, 1.165) is 25.5 Å². The van der Waals surface area contributed by atoms with Crippen LogP contribution in [0.1, 0.15) is 31.6 Å². The molecule has 0 saturated carbocycles. The van der Waals surface area contributed by atoms with E-state index >= 15 is 0 Å². The molecule has 0 bridgehead atoms. The summed E-state index contributed by atoms with van der Waals surface area (Å²) in [5.41, 5.74) is 0. The summed E-state index contributed by atoms with van der Waals surface area (Å²) in [6.45, 7) is 6.29. The second-order valence-corrected chi connectivity index (χ2v) is 5.77. The van der Waals surface area contributed by atoms with Crippen LogP contribution in [0.4, 0.5) is 0 Å². The molecular formula is C14H24N4O. The summed E-state index contributed by atoms with van der Waals surface area (Å²) in [6.07, 6.45) is 6.79. The highest BCUT2D eigenvalue weighted by atomic mass is 16.5. The molecule has 3 unspecified atom stereocenters. The third-order valence-corrected chi connectivity index (χ3v) is 4.36. The summed E-state index contributed by atoms with van der Waals surface area (Å²) in [6, 6.07) is 0.947. The zero-order chi connectivity index (χ0) is 13.2. The van der Waals surface area contributed by atoms with Gasteiger partial charge in [0.1, 0.15) is 5.82 Å². The Hall–Kier alpha value is -0.910. The number of morpholine rings is 1. The largest absolute Gasteiger partial charge is 0.374 e. The van der Waals surface area contributed by atoms with Crippen molar-refractivity contribution in [1.82, 2.24) is 19.8 Å². The SMILES string of the molecule is CC(NCC1CN2CCCC2CO1)c1nccn1C. The fourth-order valence-electron chi connectivity index (χ4n) is 3.20. The minimum absolute atomic E-state index is 0.264. The van der Waals surface area contributed by atoms with Crippen molar-refractivity contribution in [2.24, 2.45) is 7.05 Å². The highest BCUT2D eigenvalue weighted by molar-refractivity contribution is 4.97. The molecule has 5 heteroatoms. The Bertz CT molecular complexity index is 419. The molecule has 2 fully saturated rings. The highest BCUT2D eigenvalue weighted by Crippen LogP contribution is 2.22. The van der Waals surface area contributed by atoms with Crippen molar-refractivity contribution in [3.05, 3.63) is 18.2 Å². The van der Waals surface area contributed by atoms with Crippen LogP contribution in [0.25, 0.3) is 0 Å². The molecule has 0 aliphatic carbocycles. The Morgan fingerprint density at radius 1 is 1.58 bits per heavy atom. The molecule has 0 spiro atoms. The maximum absolute atomic E-state index is 5.96. The van der Waals surface area contributed by atoms with E-state index in [-0.39, 0.29) is 6.04 Å². The van der Waals surface area contributed by atoms with Gasteiger partial charge in [-0.25, -0.2) is 4.98 Å². The predicted octanol–water partition coefficient (Wildman–Crippen LogP) is 0.934. The molecule has 19 heavy (non-hydrogen) atoms. The average molecular weight is 264 g/mol. The van der Waals surface area contributed by atoms with Crippen molar-refractivity contribution < 1.29 is 4.74 Å². The highest BCUT2D eigenvalue weighted by Gasteiger charge is 2.32. The van der Waals surface area contributed by atoms with E-state index in [1.807, 2.05) is 19.4 Å². The summed E-state index contributed by atoms with van der Waals surface area (Å²) >= 11 is 0. The molecule has 3 heterocycles. The standard InChI is InChI=1S/C14H24N4O/c1-11(14-15-5-7-17(14)2)16-8-13-9-18-6-3-4-12(18)10-19-13/h5,7,11-13,16H,3-4,6,8-10H2,1-2H3. The molecule has 106 valence electrons. The molecule has 1 aromatic rings. The molecule has 0 radical (unpaired) electrons. The van der Waals surface area contributed by atoms with Crippen LogP contribution in [-0.2, 0) is 11.8 Å². The Morgan fingerprint density at radius 2 is 2.47 bits per heavy atom. The van der Waals surface area contributed by atoms with Crippen LogP contribution in [0.2, 0.25) is 0 Å². The Labute approximate surface area is 114 Å². The third-order valence-electron chi connectivity index (χ3n) is 4.36. The van der Waals surface area contributed by atoms with Crippen LogP contribution in [0, 0.1) is 0 Å². The molecular weight excluding hydrogens is 240 g/mol. The lowest BCUT2D eigenvalue weighted by Gasteiger charge is -2.35. The maximum Gasteiger partial charge on any atom is 0.125 e. The van der Waals surface area contributed by atoms with Crippen LogP contribution in [0.5, 0.6) is 0 Å². The number of ether oxygens (including phenoxy) is 1. The van der Waals surface area contributed by atoms with Gasteiger partial charge >= 0.3 is 0 Å². The first-order chi connectivity index (χ1) is 9.24. The zero-order valence-electron chi connectivity index (χ0n) is 11.9. The van der Waals surface area contributed by atoms with Gasteiger partial charge in [0.05, 0.1) is 18.8 Å². The zero-order valence-corrected chi connectivity index (χ0v) is 11.9. The first kappa shape index (κ1) is 13.1. The van der Waals surface area contributed by atoms with Crippen molar-refractivity contribution in [2.75, 3.05) is 26.2 Å². The molecule has 0 aromatic carbocycles. The molecule has 2 saturated heterocycles. The molecule has 2 aliphatic rings. The van der Waals surface area contributed by atoms with Gasteiger partial charge in [-0.2, -0.15) is 0 Å². The van der Waals surface area contributed by atoms with E-state index in [9.17, 15) is 0 Å².